The summed E-state index contributed by atoms with van der Waals surface area (Å²) in [7, 11) is -3.03. The van der Waals surface area contributed by atoms with E-state index in [-0.39, 0.29) is 17.3 Å². The molecule has 1 heterocycles. The molecule has 118 valence electrons. The van der Waals surface area contributed by atoms with Crippen molar-refractivity contribution in [3.8, 4) is 5.75 Å². The van der Waals surface area contributed by atoms with Gasteiger partial charge in [-0.3, -0.25) is 0 Å². The van der Waals surface area contributed by atoms with Crippen molar-refractivity contribution in [1.82, 2.24) is 5.32 Å². The zero-order chi connectivity index (χ0) is 15.5. The number of rotatable bonds is 6. The van der Waals surface area contributed by atoms with Gasteiger partial charge >= 0.3 is 0 Å². The predicted octanol–water partition coefficient (Wildman–Crippen LogP) is 2.14. The fourth-order valence-electron chi connectivity index (χ4n) is 2.34. The first-order valence-electron chi connectivity index (χ1n) is 7.22. The molecule has 6 heteroatoms. The van der Waals surface area contributed by atoms with Crippen LogP contribution in [0.4, 0.5) is 4.39 Å². The highest BCUT2D eigenvalue weighted by molar-refractivity contribution is 7.91. The normalized spacial score (nSPS) is 20.9. The summed E-state index contributed by atoms with van der Waals surface area (Å²) in [5.74, 6) is 0.328. The standard InChI is InChI=1S/C15H22FNO3S/c1-11(2)8-17-9-12-4-3-5-14(16)15(12)20-13-6-7-21(18,19)10-13/h3-5,11,13,17H,6-10H2,1-2H3. The molecule has 1 N–H and O–H groups in total. The third-order valence-corrected chi connectivity index (χ3v) is 5.13. The molecule has 2 rings (SSSR count). The Morgan fingerprint density at radius 3 is 2.81 bits per heavy atom. The van der Waals surface area contributed by atoms with Gasteiger partial charge in [-0.05, 0) is 24.9 Å². The summed E-state index contributed by atoms with van der Waals surface area (Å²) in [4.78, 5) is 0. The number of ether oxygens (including phenoxy) is 1. The Kier molecular flexibility index (Phi) is 5.22. The van der Waals surface area contributed by atoms with Crippen LogP contribution in [0.5, 0.6) is 5.75 Å². The maximum absolute atomic E-state index is 14.0. The molecule has 0 radical (unpaired) electrons. The zero-order valence-corrected chi connectivity index (χ0v) is 13.2. The first kappa shape index (κ1) is 16.2. The van der Waals surface area contributed by atoms with Gasteiger partial charge in [0.05, 0.1) is 11.5 Å². The van der Waals surface area contributed by atoms with Crippen LogP contribution in [0.15, 0.2) is 18.2 Å². The molecule has 1 aliphatic heterocycles. The van der Waals surface area contributed by atoms with E-state index in [4.69, 9.17) is 4.74 Å². The van der Waals surface area contributed by atoms with Crippen molar-refractivity contribution < 1.29 is 17.5 Å². The van der Waals surface area contributed by atoms with E-state index in [0.717, 1.165) is 12.1 Å². The van der Waals surface area contributed by atoms with Gasteiger partial charge in [0.15, 0.2) is 21.4 Å². The Morgan fingerprint density at radius 1 is 1.43 bits per heavy atom. The van der Waals surface area contributed by atoms with E-state index >= 15 is 0 Å². The van der Waals surface area contributed by atoms with Gasteiger partial charge in [-0.1, -0.05) is 26.0 Å². The molecule has 0 saturated carbocycles. The van der Waals surface area contributed by atoms with Crippen molar-refractivity contribution in [2.45, 2.75) is 32.9 Å². The van der Waals surface area contributed by atoms with Crippen molar-refractivity contribution in [1.29, 1.82) is 0 Å². The van der Waals surface area contributed by atoms with Gasteiger partial charge in [-0.25, -0.2) is 12.8 Å². The second-order valence-electron chi connectivity index (χ2n) is 5.90. The summed E-state index contributed by atoms with van der Waals surface area (Å²) < 4.78 is 42.5. The summed E-state index contributed by atoms with van der Waals surface area (Å²) in [6.07, 6.45) is -0.0223. The molecule has 4 nitrogen and oxygen atoms in total. The van der Waals surface area contributed by atoms with Crippen LogP contribution >= 0.6 is 0 Å². The lowest BCUT2D eigenvalue weighted by atomic mass is 10.1. The molecule has 0 bridgehead atoms. The Bertz CT molecular complexity index is 587. The second kappa shape index (κ2) is 6.75. The average molecular weight is 315 g/mol. The minimum Gasteiger partial charge on any atom is -0.486 e. The molecule has 1 saturated heterocycles. The largest absolute Gasteiger partial charge is 0.486 e. The van der Waals surface area contributed by atoms with Gasteiger partial charge in [-0.2, -0.15) is 0 Å². The fraction of sp³-hybridized carbons (Fsp3) is 0.600. The van der Waals surface area contributed by atoms with E-state index in [2.05, 4.69) is 19.2 Å². The van der Waals surface area contributed by atoms with Crippen LogP contribution in [0.25, 0.3) is 0 Å². The summed E-state index contributed by atoms with van der Waals surface area (Å²) in [6, 6.07) is 4.78. The number of hydrogen-bond acceptors (Lipinski definition) is 4. The van der Waals surface area contributed by atoms with Gasteiger partial charge < -0.3 is 10.1 Å². The van der Waals surface area contributed by atoms with Gasteiger partial charge in [0.1, 0.15) is 6.10 Å². The van der Waals surface area contributed by atoms with E-state index in [1.807, 2.05) is 0 Å². The van der Waals surface area contributed by atoms with Gasteiger partial charge in [0, 0.05) is 12.1 Å². The number of halogens is 1. The van der Waals surface area contributed by atoms with Gasteiger partial charge in [0.25, 0.3) is 0 Å². The van der Waals surface area contributed by atoms with Crippen molar-refractivity contribution in [2.75, 3.05) is 18.1 Å². The Morgan fingerprint density at radius 2 is 2.19 bits per heavy atom. The quantitative estimate of drug-likeness (QED) is 0.874. The van der Waals surface area contributed by atoms with Gasteiger partial charge in [-0.15, -0.1) is 0 Å². The molecule has 0 amide bonds. The summed E-state index contributed by atoms with van der Waals surface area (Å²) >= 11 is 0. The molecule has 1 unspecified atom stereocenters. The molecule has 1 atom stereocenters. The SMILES string of the molecule is CC(C)CNCc1cccc(F)c1OC1CCS(=O)(=O)C1. The van der Waals surface area contributed by atoms with E-state index in [1.54, 1.807) is 12.1 Å². The van der Waals surface area contributed by atoms with Crippen LogP contribution < -0.4 is 10.1 Å². The lowest BCUT2D eigenvalue weighted by Crippen LogP contribution is -2.22. The molecule has 0 aliphatic carbocycles. The first-order valence-corrected chi connectivity index (χ1v) is 9.04. The zero-order valence-electron chi connectivity index (χ0n) is 12.4. The number of benzene rings is 1. The van der Waals surface area contributed by atoms with Crippen LogP contribution in [0, 0.1) is 11.7 Å². The second-order valence-corrected chi connectivity index (χ2v) is 8.12. The molecule has 1 aromatic rings. The Labute approximate surface area is 125 Å². The van der Waals surface area contributed by atoms with Crippen LogP contribution in [0.3, 0.4) is 0 Å². The van der Waals surface area contributed by atoms with Crippen LogP contribution in [0.1, 0.15) is 25.8 Å². The summed E-state index contributed by atoms with van der Waals surface area (Å²) in [5.41, 5.74) is 0.722. The third-order valence-electron chi connectivity index (χ3n) is 3.39. The minimum atomic E-state index is -3.03. The van der Waals surface area contributed by atoms with Crippen LogP contribution in [-0.2, 0) is 16.4 Å². The van der Waals surface area contributed by atoms with E-state index in [0.29, 0.717) is 18.9 Å². The molecular formula is C15H22FNO3S. The molecule has 0 aromatic heterocycles. The monoisotopic (exact) mass is 315 g/mol. The summed E-state index contributed by atoms with van der Waals surface area (Å²) in [6.45, 7) is 5.53. The highest BCUT2D eigenvalue weighted by atomic mass is 32.2. The van der Waals surface area contributed by atoms with Crippen molar-refractivity contribution in [3.05, 3.63) is 29.6 Å². The highest BCUT2D eigenvalue weighted by Gasteiger charge is 2.30. The van der Waals surface area contributed by atoms with Crippen LogP contribution in [-0.4, -0.2) is 32.6 Å². The van der Waals surface area contributed by atoms with Gasteiger partial charge in [0.2, 0.25) is 0 Å². The molecule has 21 heavy (non-hydrogen) atoms. The fourth-order valence-corrected chi connectivity index (χ4v) is 3.93. The van der Waals surface area contributed by atoms with Crippen molar-refractivity contribution in [3.63, 3.8) is 0 Å². The molecule has 1 aromatic carbocycles. The lowest BCUT2D eigenvalue weighted by molar-refractivity contribution is 0.215. The maximum atomic E-state index is 14.0. The molecule has 1 fully saturated rings. The third kappa shape index (κ3) is 4.68. The highest BCUT2D eigenvalue weighted by Crippen LogP contribution is 2.26. The van der Waals surface area contributed by atoms with E-state index in [1.165, 1.54) is 6.07 Å². The number of nitrogens with one attached hydrogen (secondary N) is 1. The number of para-hydroxylation sites is 1. The van der Waals surface area contributed by atoms with Crippen molar-refractivity contribution >= 4 is 9.84 Å². The first-order chi connectivity index (χ1) is 9.87. The number of hydrogen-bond donors (Lipinski definition) is 1. The smallest absolute Gasteiger partial charge is 0.165 e. The molecule has 0 spiro atoms. The van der Waals surface area contributed by atoms with E-state index < -0.39 is 21.8 Å². The molecular weight excluding hydrogens is 293 g/mol. The lowest BCUT2D eigenvalue weighted by Gasteiger charge is -2.17. The number of sulfone groups is 1. The van der Waals surface area contributed by atoms with Crippen molar-refractivity contribution in [2.24, 2.45) is 5.92 Å². The Balaban J connectivity index is 2.07. The Hall–Kier alpha value is -1.14. The molecule has 1 aliphatic rings. The average Bonchev–Trinajstić information content (AvgIpc) is 2.72. The van der Waals surface area contributed by atoms with Crippen LogP contribution in [0.2, 0.25) is 0 Å². The van der Waals surface area contributed by atoms with E-state index in [9.17, 15) is 12.8 Å². The topological polar surface area (TPSA) is 55.4 Å². The predicted molar refractivity (Wildman–Crippen MR) is 80.6 cm³/mol. The maximum Gasteiger partial charge on any atom is 0.165 e. The minimum absolute atomic E-state index is 0.0276. The summed E-state index contributed by atoms with van der Waals surface area (Å²) in [5, 5.41) is 3.24.